The fourth-order valence-electron chi connectivity index (χ4n) is 3.09. The molecule has 0 bridgehead atoms. The Kier molecular flexibility index (Phi) is 3.53. The van der Waals surface area contributed by atoms with Gasteiger partial charge in [0.2, 0.25) is 0 Å². The van der Waals surface area contributed by atoms with Crippen LogP contribution in [0.15, 0.2) is 35.1 Å². The largest absolute Gasteiger partial charge is 0.391 e. The molecule has 124 valence electrons. The van der Waals surface area contributed by atoms with Gasteiger partial charge in [-0.3, -0.25) is 4.79 Å². The van der Waals surface area contributed by atoms with Crippen molar-refractivity contribution in [2.45, 2.75) is 19.4 Å². The lowest BCUT2D eigenvalue weighted by Crippen LogP contribution is -2.30. The highest BCUT2D eigenvalue weighted by Crippen LogP contribution is 2.23. The Bertz CT molecular complexity index is 854. The number of rotatable bonds is 3. The smallest absolute Gasteiger partial charge is 0.274 e. The van der Waals surface area contributed by atoms with Gasteiger partial charge in [0.1, 0.15) is 5.76 Å². The van der Waals surface area contributed by atoms with E-state index in [-0.39, 0.29) is 18.4 Å². The van der Waals surface area contributed by atoms with Gasteiger partial charge in [0.25, 0.3) is 5.91 Å². The van der Waals surface area contributed by atoms with Gasteiger partial charge in [-0.1, -0.05) is 5.16 Å². The molecular formula is C16H17N5O3. The van der Waals surface area contributed by atoms with Crippen LogP contribution in [-0.2, 0) is 6.42 Å². The molecule has 0 unspecified atom stereocenters. The summed E-state index contributed by atoms with van der Waals surface area (Å²) in [5.41, 5.74) is 1.76. The van der Waals surface area contributed by atoms with Crippen LogP contribution in [0.2, 0.25) is 0 Å². The van der Waals surface area contributed by atoms with E-state index < -0.39 is 6.10 Å². The second-order valence-corrected chi connectivity index (χ2v) is 6.13. The number of aryl methyl sites for hydroxylation is 1. The number of likely N-dealkylation sites (tertiary alicyclic amines) is 1. The molecule has 1 fully saturated rings. The molecule has 1 saturated heterocycles. The summed E-state index contributed by atoms with van der Waals surface area (Å²) in [6, 6.07) is 5.26. The molecule has 1 amide bonds. The first-order valence-corrected chi connectivity index (χ1v) is 7.80. The zero-order valence-electron chi connectivity index (χ0n) is 13.2. The van der Waals surface area contributed by atoms with Gasteiger partial charge in [-0.05, 0) is 13.0 Å². The van der Waals surface area contributed by atoms with Crippen molar-refractivity contribution in [2.24, 2.45) is 5.92 Å². The molecule has 0 radical (unpaired) electrons. The van der Waals surface area contributed by atoms with Gasteiger partial charge in [0.05, 0.1) is 11.8 Å². The van der Waals surface area contributed by atoms with E-state index in [2.05, 4.69) is 15.2 Å². The summed E-state index contributed by atoms with van der Waals surface area (Å²) in [4.78, 5) is 18.4. The molecule has 4 heterocycles. The summed E-state index contributed by atoms with van der Waals surface area (Å²) in [5.74, 6) is 0.454. The third kappa shape index (κ3) is 2.65. The maximum absolute atomic E-state index is 12.6. The molecule has 8 nitrogen and oxygen atoms in total. The highest BCUT2D eigenvalue weighted by atomic mass is 16.5. The van der Waals surface area contributed by atoms with Crippen LogP contribution >= 0.6 is 0 Å². The van der Waals surface area contributed by atoms with Crippen LogP contribution in [0.3, 0.4) is 0 Å². The molecule has 0 aromatic carbocycles. The van der Waals surface area contributed by atoms with Gasteiger partial charge >= 0.3 is 0 Å². The summed E-state index contributed by atoms with van der Waals surface area (Å²) in [7, 11) is 0. The van der Waals surface area contributed by atoms with E-state index in [1.54, 1.807) is 33.9 Å². The Morgan fingerprint density at radius 3 is 3.04 bits per heavy atom. The number of hydrogen-bond acceptors (Lipinski definition) is 6. The Hall–Kier alpha value is -2.74. The van der Waals surface area contributed by atoms with Crippen molar-refractivity contribution in [3.63, 3.8) is 0 Å². The molecule has 0 saturated carbocycles. The van der Waals surface area contributed by atoms with Crippen molar-refractivity contribution in [3.05, 3.63) is 47.7 Å². The van der Waals surface area contributed by atoms with Gasteiger partial charge in [-0.2, -0.15) is 5.10 Å². The molecule has 1 N–H and O–H groups in total. The average Bonchev–Trinajstić information content (AvgIpc) is 3.26. The van der Waals surface area contributed by atoms with Crippen molar-refractivity contribution in [1.29, 1.82) is 0 Å². The zero-order valence-corrected chi connectivity index (χ0v) is 13.2. The van der Waals surface area contributed by atoms with Crippen LogP contribution in [0.25, 0.3) is 5.65 Å². The van der Waals surface area contributed by atoms with Crippen LogP contribution in [-0.4, -0.2) is 54.9 Å². The van der Waals surface area contributed by atoms with Crippen LogP contribution in [0.5, 0.6) is 0 Å². The highest BCUT2D eigenvalue weighted by Gasteiger charge is 2.35. The van der Waals surface area contributed by atoms with Gasteiger partial charge < -0.3 is 14.5 Å². The molecule has 1 aliphatic heterocycles. The van der Waals surface area contributed by atoms with E-state index in [1.807, 2.05) is 13.0 Å². The summed E-state index contributed by atoms with van der Waals surface area (Å²) in [6.07, 6.45) is 3.36. The van der Waals surface area contributed by atoms with Crippen molar-refractivity contribution in [1.82, 2.24) is 24.7 Å². The molecule has 4 rings (SSSR count). The number of nitrogens with zero attached hydrogens (tertiary/aromatic N) is 5. The minimum atomic E-state index is -0.588. The number of amides is 1. The van der Waals surface area contributed by atoms with E-state index in [0.29, 0.717) is 24.3 Å². The third-order valence-corrected chi connectivity index (χ3v) is 4.29. The Labute approximate surface area is 137 Å². The Morgan fingerprint density at radius 1 is 1.42 bits per heavy atom. The van der Waals surface area contributed by atoms with E-state index in [0.717, 1.165) is 11.5 Å². The summed E-state index contributed by atoms with van der Waals surface area (Å²) < 4.78 is 6.77. The Morgan fingerprint density at radius 2 is 2.29 bits per heavy atom. The minimum absolute atomic E-state index is 0.0727. The molecule has 0 spiro atoms. The lowest BCUT2D eigenvalue weighted by molar-refractivity contribution is 0.0758. The normalized spacial score (nSPS) is 20.8. The number of aliphatic hydroxyl groups is 1. The van der Waals surface area contributed by atoms with Gasteiger partial charge in [-0.15, -0.1) is 0 Å². The molecule has 1 aliphatic rings. The minimum Gasteiger partial charge on any atom is -0.391 e. The molecular weight excluding hydrogens is 310 g/mol. The van der Waals surface area contributed by atoms with Crippen LogP contribution in [0.4, 0.5) is 0 Å². The summed E-state index contributed by atoms with van der Waals surface area (Å²) >= 11 is 0. The molecule has 0 aliphatic carbocycles. The average molecular weight is 327 g/mol. The number of hydrogen-bond donors (Lipinski definition) is 1. The Balaban J connectivity index is 1.49. The number of carbonyl (C=O) groups is 1. The van der Waals surface area contributed by atoms with Crippen molar-refractivity contribution < 1.29 is 14.4 Å². The van der Waals surface area contributed by atoms with E-state index in [4.69, 9.17) is 4.52 Å². The van der Waals surface area contributed by atoms with Gasteiger partial charge in [0.15, 0.2) is 11.3 Å². The second kappa shape index (κ2) is 5.72. The van der Waals surface area contributed by atoms with E-state index in [9.17, 15) is 9.90 Å². The standard InChI is InChI=1S/C16H17N5O3/c1-10-5-12(24-19-10)6-11-8-20(9-14(11)22)16(23)13-7-15-17-3-2-4-21(15)18-13/h2-5,7,11,14,22H,6,8-9H2,1H3/t11-,14+/m1/s1. The van der Waals surface area contributed by atoms with E-state index in [1.165, 1.54) is 0 Å². The van der Waals surface area contributed by atoms with Gasteiger partial charge in [-0.25, -0.2) is 9.50 Å². The maximum Gasteiger partial charge on any atom is 0.274 e. The van der Waals surface area contributed by atoms with E-state index >= 15 is 0 Å². The number of β-amino-alcohol motifs (C(OH)–C–C–N with tert-alkyl or cyclic N) is 1. The highest BCUT2D eigenvalue weighted by molar-refractivity contribution is 5.93. The molecule has 3 aromatic rings. The fraction of sp³-hybridized carbons (Fsp3) is 0.375. The topological polar surface area (TPSA) is 96.8 Å². The maximum atomic E-state index is 12.6. The molecule has 2 atom stereocenters. The lowest BCUT2D eigenvalue weighted by Gasteiger charge is -2.13. The van der Waals surface area contributed by atoms with Crippen LogP contribution in [0, 0.1) is 12.8 Å². The fourth-order valence-corrected chi connectivity index (χ4v) is 3.09. The molecule has 8 heteroatoms. The van der Waals surface area contributed by atoms with Crippen molar-refractivity contribution in [3.8, 4) is 0 Å². The summed E-state index contributed by atoms with van der Waals surface area (Å²) in [6.45, 7) is 2.60. The predicted octanol–water partition coefficient (Wildman–Crippen LogP) is 0.701. The lowest BCUT2D eigenvalue weighted by atomic mass is 10.0. The van der Waals surface area contributed by atoms with Crippen molar-refractivity contribution in [2.75, 3.05) is 13.1 Å². The monoisotopic (exact) mass is 327 g/mol. The zero-order chi connectivity index (χ0) is 16.7. The van der Waals surface area contributed by atoms with Crippen molar-refractivity contribution >= 4 is 11.6 Å². The first-order chi connectivity index (χ1) is 11.6. The SMILES string of the molecule is Cc1cc(C[C@@H]2CN(C(=O)c3cc4ncccn4n3)C[C@@H]2O)on1. The summed E-state index contributed by atoms with van der Waals surface area (Å²) in [5, 5.41) is 18.4. The first kappa shape index (κ1) is 14.8. The number of fused-ring (bicyclic) bond motifs is 1. The first-order valence-electron chi connectivity index (χ1n) is 7.80. The second-order valence-electron chi connectivity index (χ2n) is 6.13. The predicted molar refractivity (Wildman–Crippen MR) is 83.3 cm³/mol. The number of aliphatic hydroxyl groups excluding tert-OH is 1. The number of aromatic nitrogens is 4. The quantitative estimate of drug-likeness (QED) is 0.761. The molecule has 24 heavy (non-hydrogen) atoms. The molecule has 3 aromatic heterocycles. The van der Waals surface area contributed by atoms with Crippen LogP contribution in [0.1, 0.15) is 21.9 Å². The number of carbonyl (C=O) groups excluding carboxylic acids is 1. The van der Waals surface area contributed by atoms with Gasteiger partial charge in [0, 0.05) is 50.0 Å². The van der Waals surface area contributed by atoms with Crippen LogP contribution < -0.4 is 0 Å². The third-order valence-electron chi connectivity index (χ3n) is 4.29.